The Kier molecular flexibility index (Phi) is 7.78. The first kappa shape index (κ1) is 20.3. The molecule has 0 aliphatic carbocycles. The highest BCUT2D eigenvalue weighted by Gasteiger charge is 2.27. The minimum absolute atomic E-state index is 0.0426. The first-order chi connectivity index (χ1) is 11.7. The van der Waals surface area contributed by atoms with E-state index in [0.29, 0.717) is 5.57 Å². The average Bonchev–Trinajstić information content (AvgIpc) is 2.53. The predicted molar refractivity (Wildman–Crippen MR) is 91.1 cm³/mol. The van der Waals surface area contributed by atoms with Gasteiger partial charge in [-0.25, -0.2) is 9.18 Å². The molecule has 0 heterocycles. The van der Waals surface area contributed by atoms with Crippen molar-refractivity contribution in [2.45, 2.75) is 38.8 Å². The summed E-state index contributed by atoms with van der Waals surface area (Å²) in [7, 11) is 1.21. The number of esters is 1. The van der Waals surface area contributed by atoms with Crippen molar-refractivity contribution < 1.29 is 23.5 Å². The number of hydrogen-bond acceptors (Lipinski definition) is 4. The van der Waals surface area contributed by atoms with Crippen molar-refractivity contribution in [3.63, 3.8) is 0 Å². The third-order valence-corrected chi connectivity index (χ3v) is 3.43. The highest BCUT2D eigenvalue weighted by Crippen LogP contribution is 2.11. The van der Waals surface area contributed by atoms with Crippen molar-refractivity contribution in [1.82, 2.24) is 10.6 Å². The molecule has 0 fully saturated rings. The van der Waals surface area contributed by atoms with E-state index in [9.17, 15) is 18.8 Å². The number of ether oxygens (including phenoxy) is 1. The predicted octanol–water partition coefficient (Wildman–Crippen LogP) is 1.50. The van der Waals surface area contributed by atoms with Crippen molar-refractivity contribution in [2.24, 2.45) is 0 Å². The minimum Gasteiger partial charge on any atom is -0.467 e. The molecule has 0 aliphatic heterocycles. The van der Waals surface area contributed by atoms with Gasteiger partial charge < -0.3 is 15.4 Å². The molecule has 25 heavy (non-hydrogen) atoms. The van der Waals surface area contributed by atoms with E-state index in [4.69, 9.17) is 0 Å². The van der Waals surface area contributed by atoms with Crippen LogP contribution in [0.25, 0.3) is 0 Å². The van der Waals surface area contributed by atoms with Gasteiger partial charge in [-0.3, -0.25) is 9.59 Å². The Labute approximate surface area is 146 Å². The van der Waals surface area contributed by atoms with Crippen LogP contribution in [0.3, 0.4) is 0 Å². The van der Waals surface area contributed by atoms with Gasteiger partial charge in [0.05, 0.1) is 7.11 Å². The first-order valence-electron chi connectivity index (χ1n) is 7.77. The summed E-state index contributed by atoms with van der Waals surface area (Å²) in [6.07, 6.45) is 0.157. The summed E-state index contributed by atoms with van der Waals surface area (Å²) in [5.74, 6) is -2.14. The number of carbonyl (C=O) groups is 3. The van der Waals surface area contributed by atoms with Crippen LogP contribution in [-0.4, -0.2) is 37.0 Å². The molecule has 1 aromatic rings. The molecule has 0 spiro atoms. The zero-order valence-electron chi connectivity index (χ0n) is 14.6. The molecule has 2 amide bonds. The summed E-state index contributed by atoms with van der Waals surface area (Å²) < 4.78 is 18.5. The summed E-state index contributed by atoms with van der Waals surface area (Å²) in [5, 5.41) is 5.01. The fourth-order valence-electron chi connectivity index (χ4n) is 2.29. The third-order valence-electron chi connectivity index (χ3n) is 3.43. The summed E-state index contributed by atoms with van der Waals surface area (Å²) in [5.41, 5.74) is 0.965. The maximum atomic E-state index is 13.8. The van der Waals surface area contributed by atoms with Crippen LogP contribution >= 0.6 is 0 Å². The zero-order valence-corrected chi connectivity index (χ0v) is 14.6. The molecule has 0 aliphatic rings. The van der Waals surface area contributed by atoms with E-state index < -0.39 is 35.7 Å². The number of carbonyl (C=O) groups excluding carboxylic acids is 3. The number of benzene rings is 1. The highest BCUT2D eigenvalue weighted by molar-refractivity contribution is 5.90. The molecule has 2 N–H and O–H groups in total. The molecule has 0 aromatic heterocycles. The van der Waals surface area contributed by atoms with E-state index >= 15 is 0 Å². The smallest absolute Gasteiger partial charge is 0.328 e. The Hall–Kier alpha value is -2.70. The van der Waals surface area contributed by atoms with E-state index in [1.54, 1.807) is 13.0 Å². The lowest BCUT2D eigenvalue weighted by molar-refractivity contribution is -0.145. The molecular formula is C18H23FN2O4. The van der Waals surface area contributed by atoms with Crippen LogP contribution in [-0.2, 0) is 25.5 Å². The third kappa shape index (κ3) is 6.74. The number of methoxy groups -OCH3 is 1. The summed E-state index contributed by atoms with van der Waals surface area (Å²) in [6, 6.07) is 4.03. The van der Waals surface area contributed by atoms with Crippen molar-refractivity contribution in [3.8, 4) is 0 Å². The Morgan fingerprint density at radius 3 is 2.32 bits per heavy atom. The standard InChI is InChI=1S/C18H23FN2O4/c1-11(2)9-16(18(24)25-4)21-17(23)15(20-12(3)22)10-13-7-5-6-8-14(13)19/h5-8,15-16H,1,9-10H2,2-4H3,(H,20,22)(H,21,23)/t15-,16-/m0/s1. The normalized spacial score (nSPS) is 12.6. The van der Waals surface area contributed by atoms with Gasteiger partial charge in [-0.05, 0) is 25.0 Å². The van der Waals surface area contributed by atoms with Gasteiger partial charge in [-0.1, -0.05) is 23.8 Å². The van der Waals surface area contributed by atoms with Gasteiger partial charge >= 0.3 is 5.97 Å². The maximum Gasteiger partial charge on any atom is 0.328 e. The molecule has 136 valence electrons. The van der Waals surface area contributed by atoms with Crippen LogP contribution in [0.2, 0.25) is 0 Å². The lowest BCUT2D eigenvalue weighted by atomic mass is 10.0. The lowest BCUT2D eigenvalue weighted by Crippen LogP contribution is -2.52. The number of halogens is 1. The molecular weight excluding hydrogens is 327 g/mol. The largest absolute Gasteiger partial charge is 0.467 e. The molecule has 0 unspecified atom stereocenters. The monoisotopic (exact) mass is 350 g/mol. The van der Waals surface area contributed by atoms with Gasteiger partial charge in [0, 0.05) is 13.3 Å². The van der Waals surface area contributed by atoms with Crippen LogP contribution in [0, 0.1) is 5.82 Å². The SMILES string of the molecule is C=C(C)C[C@H](NC(=O)[C@H](Cc1ccccc1F)NC(C)=O)C(=O)OC. The average molecular weight is 350 g/mol. The van der Waals surface area contributed by atoms with Crippen molar-refractivity contribution in [1.29, 1.82) is 0 Å². The number of rotatable bonds is 8. The Morgan fingerprint density at radius 2 is 1.80 bits per heavy atom. The number of nitrogens with one attached hydrogen (secondary N) is 2. The maximum absolute atomic E-state index is 13.8. The van der Waals surface area contributed by atoms with E-state index in [0.717, 1.165) is 0 Å². The van der Waals surface area contributed by atoms with Gasteiger partial charge in [0.2, 0.25) is 11.8 Å². The van der Waals surface area contributed by atoms with Gasteiger partial charge in [0.15, 0.2) is 0 Å². The van der Waals surface area contributed by atoms with Gasteiger partial charge in [0.1, 0.15) is 17.9 Å². The summed E-state index contributed by atoms with van der Waals surface area (Å²) in [4.78, 5) is 35.7. The van der Waals surface area contributed by atoms with Crippen LogP contribution < -0.4 is 10.6 Å². The van der Waals surface area contributed by atoms with E-state index in [-0.39, 0.29) is 18.4 Å². The summed E-state index contributed by atoms with van der Waals surface area (Å²) >= 11 is 0. The van der Waals surface area contributed by atoms with E-state index in [2.05, 4.69) is 21.9 Å². The molecule has 0 saturated carbocycles. The van der Waals surface area contributed by atoms with Gasteiger partial charge in [-0.15, -0.1) is 6.58 Å². The van der Waals surface area contributed by atoms with Crippen LogP contribution in [0.1, 0.15) is 25.8 Å². The Morgan fingerprint density at radius 1 is 1.16 bits per heavy atom. The van der Waals surface area contributed by atoms with Crippen molar-refractivity contribution in [2.75, 3.05) is 7.11 Å². The lowest BCUT2D eigenvalue weighted by Gasteiger charge is -2.22. The Balaban J connectivity index is 2.94. The second-order valence-corrected chi connectivity index (χ2v) is 5.79. The van der Waals surface area contributed by atoms with Gasteiger partial charge in [-0.2, -0.15) is 0 Å². The molecule has 0 radical (unpaired) electrons. The molecule has 1 aromatic carbocycles. The molecule has 6 nitrogen and oxygen atoms in total. The molecule has 2 atom stereocenters. The van der Waals surface area contributed by atoms with Crippen molar-refractivity contribution in [3.05, 3.63) is 47.8 Å². The molecule has 7 heteroatoms. The van der Waals surface area contributed by atoms with Crippen LogP contribution in [0.4, 0.5) is 4.39 Å². The number of hydrogen-bond donors (Lipinski definition) is 2. The second-order valence-electron chi connectivity index (χ2n) is 5.79. The minimum atomic E-state index is -1.02. The van der Waals surface area contributed by atoms with Crippen LogP contribution in [0.15, 0.2) is 36.4 Å². The topological polar surface area (TPSA) is 84.5 Å². The van der Waals surface area contributed by atoms with E-state index in [1.807, 2.05) is 0 Å². The van der Waals surface area contributed by atoms with Crippen LogP contribution in [0.5, 0.6) is 0 Å². The second kappa shape index (κ2) is 9.56. The molecule has 0 saturated heterocycles. The first-order valence-corrected chi connectivity index (χ1v) is 7.77. The quantitative estimate of drug-likeness (QED) is 0.550. The summed E-state index contributed by atoms with van der Waals surface area (Å²) in [6.45, 7) is 6.69. The zero-order chi connectivity index (χ0) is 19.0. The molecule has 0 bridgehead atoms. The fraction of sp³-hybridized carbons (Fsp3) is 0.389. The van der Waals surface area contributed by atoms with Crippen molar-refractivity contribution >= 4 is 17.8 Å². The Bertz CT molecular complexity index is 660. The van der Waals surface area contributed by atoms with Gasteiger partial charge in [0.25, 0.3) is 0 Å². The fourth-order valence-corrected chi connectivity index (χ4v) is 2.29. The number of amides is 2. The molecule has 1 rings (SSSR count). The van der Waals surface area contributed by atoms with E-state index in [1.165, 1.54) is 32.2 Å². The highest BCUT2D eigenvalue weighted by atomic mass is 19.1.